The van der Waals surface area contributed by atoms with Gasteiger partial charge in [0.05, 0.1) is 4.92 Å². The van der Waals surface area contributed by atoms with Crippen LogP contribution < -0.4 is 5.32 Å². The number of benzene rings is 1. The number of carbonyl (C=O) groups is 1. The van der Waals surface area contributed by atoms with E-state index in [0.29, 0.717) is 0 Å². The topological polar surface area (TPSA) is 108 Å². The molecular weight excluding hydrogens is 262 g/mol. The van der Waals surface area contributed by atoms with Gasteiger partial charge in [0.1, 0.15) is 0 Å². The van der Waals surface area contributed by atoms with Gasteiger partial charge in [0.25, 0.3) is 5.69 Å². The Labute approximate surface area is 114 Å². The molecule has 0 saturated carbocycles. The molecule has 1 aromatic heterocycles. The molecule has 0 atom stereocenters. The molecule has 0 spiro atoms. The number of carboxylic acid groups (broad SMARTS) is 1. The predicted molar refractivity (Wildman–Crippen MR) is 74.0 cm³/mol. The average molecular weight is 277 g/mol. The first-order valence-corrected chi connectivity index (χ1v) is 6.04. The number of nitro groups is 1. The maximum Gasteiger partial charge on any atom is 0.404 e. The monoisotopic (exact) mass is 277 g/mol. The quantitative estimate of drug-likeness (QED) is 0.589. The van der Waals surface area contributed by atoms with Gasteiger partial charge in [0.15, 0.2) is 0 Å². The molecule has 0 aliphatic heterocycles. The van der Waals surface area contributed by atoms with Crippen molar-refractivity contribution in [1.29, 1.82) is 0 Å². The molecule has 1 amide bonds. The molecule has 3 N–H and O–H groups in total. The molecule has 2 rings (SSSR count). The molecule has 0 aliphatic carbocycles. The number of aromatic amines is 1. The SMILES string of the molecule is CC(C)(CNC(=O)O)c1cc2cc([N+](=O)[O-])ccc2[nH]1. The number of nitrogens with one attached hydrogen (secondary N) is 2. The van der Waals surface area contributed by atoms with E-state index >= 15 is 0 Å². The van der Waals surface area contributed by atoms with Crippen LogP contribution in [0.4, 0.5) is 10.5 Å². The van der Waals surface area contributed by atoms with E-state index in [1.807, 2.05) is 19.9 Å². The first-order chi connectivity index (χ1) is 9.29. The highest BCUT2D eigenvalue weighted by Gasteiger charge is 2.24. The third-order valence-corrected chi connectivity index (χ3v) is 3.23. The number of rotatable bonds is 4. The van der Waals surface area contributed by atoms with Gasteiger partial charge in [-0.25, -0.2) is 4.79 Å². The second-order valence-corrected chi connectivity index (χ2v) is 5.25. The van der Waals surface area contributed by atoms with E-state index in [4.69, 9.17) is 5.11 Å². The van der Waals surface area contributed by atoms with Crippen molar-refractivity contribution in [3.05, 3.63) is 40.1 Å². The molecule has 0 bridgehead atoms. The summed E-state index contributed by atoms with van der Waals surface area (Å²) < 4.78 is 0. The van der Waals surface area contributed by atoms with Crippen molar-refractivity contribution in [3.8, 4) is 0 Å². The van der Waals surface area contributed by atoms with Crippen LogP contribution in [0.15, 0.2) is 24.3 Å². The number of H-pyrrole nitrogens is 1. The summed E-state index contributed by atoms with van der Waals surface area (Å²) in [4.78, 5) is 24.0. The maximum absolute atomic E-state index is 10.7. The van der Waals surface area contributed by atoms with E-state index in [1.165, 1.54) is 12.1 Å². The summed E-state index contributed by atoms with van der Waals surface area (Å²) in [6.07, 6.45) is -1.08. The van der Waals surface area contributed by atoms with Crippen molar-refractivity contribution < 1.29 is 14.8 Å². The minimum Gasteiger partial charge on any atom is -0.465 e. The fraction of sp³-hybridized carbons (Fsp3) is 0.308. The molecule has 7 heteroatoms. The van der Waals surface area contributed by atoms with Crippen molar-refractivity contribution in [2.24, 2.45) is 0 Å². The van der Waals surface area contributed by atoms with Gasteiger partial charge in [-0.1, -0.05) is 13.8 Å². The van der Waals surface area contributed by atoms with Crippen LogP contribution in [0.2, 0.25) is 0 Å². The fourth-order valence-corrected chi connectivity index (χ4v) is 1.99. The highest BCUT2D eigenvalue weighted by atomic mass is 16.6. The zero-order valence-electron chi connectivity index (χ0n) is 11.1. The molecule has 2 aromatic rings. The van der Waals surface area contributed by atoms with Gasteiger partial charge >= 0.3 is 6.09 Å². The Kier molecular flexibility index (Phi) is 3.35. The van der Waals surface area contributed by atoms with Crippen LogP contribution in [0.1, 0.15) is 19.5 Å². The Hall–Kier alpha value is -2.57. The highest BCUT2D eigenvalue weighted by molar-refractivity contribution is 5.83. The van der Waals surface area contributed by atoms with Crippen LogP contribution in [-0.4, -0.2) is 27.7 Å². The molecule has 0 radical (unpaired) electrons. The lowest BCUT2D eigenvalue weighted by molar-refractivity contribution is -0.384. The van der Waals surface area contributed by atoms with Gasteiger partial charge in [-0.3, -0.25) is 10.1 Å². The maximum atomic E-state index is 10.7. The number of hydrogen-bond acceptors (Lipinski definition) is 3. The number of fused-ring (bicyclic) bond motifs is 1. The van der Waals surface area contributed by atoms with E-state index in [2.05, 4.69) is 10.3 Å². The van der Waals surface area contributed by atoms with E-state index in [-0.39, 0.29) is 12.2 Å². The lowest BCUT2D eigenvalue weighted by atomic mass is 9.89. The summed E-state index contributed by atoms with van der Waals surface area (Å²) in [7, 11) is 0. The lowest BCUT2D eigenvalue weighted by Crippen LogP contribution is -2.36. The van der Waals surface area contributed by atoms with E-state index in [0.717, 1.165) is 16.6 Å². The molecule has 1 aromatic carbocycles. The summed E-state index contributed by atoms with van der Waals surface area (Å²) >= 11 is 0. The minimum atomic E-state index is -1.08. The first-order valence-electron chi connectivity index (χ1n) is 6.04. The van der Waals surface area contributed by atoms with Gasteiger partial charge < -0.3 is 15.4 Å². The zero-order chi connectivity index (χ0) is 14.9. The molecule has 0 fully saturated rings. The Morgan fingerprint density at radius 2 is 2.15 bits per heavy atom. The fourth-order valence-electron chi connectivity index (χ4n) is 1.99. The van der Waals surface area contributed by atoms with Crippen LogP contribution in [0.25, 0.3) is 10.9 Å². The standard InChI is InChI=1S/C13H15N3O4/c1-13(2,7-14-12(17)18)11-6-8-5-9(16(19)20)3-4-10(8)15-11/h3-6,14-15H,7H2,1-2H3,(H,17,18). The molecule has 106 valence electrons. The number of nitrogens with zero attached hydrogens (tertiary/aromatic N) is 1. The molecule has 0 unspecified atom stereocenters. The molecule has 0 saturated heterocycles. The second kappa shape index (κ2) is 4.84. The summed E-state index contributed by atoms with van der Waals surface area (Å²) in [6.45, 7) is 4.03. The van der Waals surface area contributed by atoms with Crippen molar-refractivity contribution >= 4 is 22.7 Å². The lowest BCUT2D eigenvalue weighted by Gasteiger charge is -2.22. The third kappa shape index (κ3) is 2.71. The van der Waals surface area contributed by atoms with Crippen LogP contribution in [0.5, 0.6) is 0 Å². The molecule has 7 nitrogen and oxygen atoms in total. The van der Waals surface area contributed by atoms with E-state index in [9.17, 15) is 14.9 Å². The number of non-ortho nitro benzene ring substituents is 1. The van der Waals surface area contributed by atoms with Gasteiger partial charge in [-0.2, -0.15) is 0 Å². The molecule has 1 heterocycles. The first kappa shape index (κ1) is 13.9. The van der Waals surface area contributed by atoms with Gasteiger partial charge in [0, 0.05) is 40.7 Å². The smallest absolute Gasteiger partial charge is 0.404 e. The van der Waals surface area contributed by atoms with Gasteiger partial charge in [0.2, 0.25) is 0 Å². The highest BCUT2D eigenvalue weighted by Crippen LogP contribution is 2.28. The normalized spacial score (nSPS) is 11.5. The summed E-state index contributed by atoms with van der Waals surface area (Å²) in [5.74, 6) is 0. The Bertz CT molecular complexity index is 675. The summed E-state index contributed by atoms with van der Waals surface area (Å²) in [5.41, 5.74) is 1.20. The van der Waals surface area contributed by atoms with Gasteiger partial charge in [-0.05, 0) is 12.1 Å². The average Bonchev–Trinajstić information content (AvgIpc) is 2.80. The third-order valence-electron chi connectivity index (χ3n) is 3.23. The van der Waals surface area contributed by atoms with Crippen molar-refractivity contribution in [2.45, 2.75) is 19.3 Å². The van der Waals surface area contributed by atoms with Crippen LogP contribution in [0.3, 0.4) is 0 Å². The number of nitro benzene ring substituents is 1. The largest absolute Gasteiger partial charge is 0.465 e. The van der Waals surface area contributed by atoms with Gasteiger partial charge in [-0.15, -0.1) is 0 Å². The van der Waals surface area contributed by atoms with Crippen molar-refractivity contribution in [1.82, 2.24) is 10.3 Å². The number of aromatic nitrogens is 1. The van der Waals surface area contributed by atoms with E-state index in [1.54, 1.807) is 6.07 Å². The second-order valence-electron chi connectivity index (χ2n) is 5.25. The van der Waals surface area contributed by atoms with E-state index < -0.39 is 16.4 Å². The Morgan fingerprint density at radius 3 is 2.75 bits per heavy atom. The minimum absolute atomic E-state index is 0.0320. The number of amides is 1. The van der Waals surface area contributed by atoms with Crippen LogP contribution in [-0.2, 0) is 5.41 Å². The molecule has 0 aliphatic rings. The summed E-state index contributed by atoms with van der Waals surface area (Å²) in [5, 5.41) is 22.5. The summed E-state index contributed by atoms with van der Waals surface area (Å²) in [6, 6.07) is 6.39. The zero-order valence-corrected chi connectivity index (χ0v) is 11.1. The van der Waals surface area contributed by atoms with Crippen molar-refractivity contribution in [3.63, 3.8) is 0 Å². The Morgan fingerprint density at radius 1 is 1.45 bits per heavy atom. The number of hydrogen-bond donors (Lipinski definition) is 3. The predicted octanol–water partition coefficient (Wildman–Crippen LogP) is 2.62. The van der Waals surface area contributed by atoms with Crippen molar-refractivity contribution in [2.75, 3.05) is 6.54 Å². The molecular formula is C13H15N3O4. The van der Waals surface area contributed by atoms with Crippen LogP contribution >= 0.6 is 0 Å². The van der Waals surface area contributed by atoms with Crippen LogP contribution in [0, 0.1) is 10.1 Å². The Balaban J connectivity index is 2.35. The molecule has 20 heavy (non-hydrogen) atoms.